The topological polar surface area (TPSA) is 46.9 Å². The summed E-state index contributed by atoms with van der Waals surface area (Å²) in [6.07, 6.45) is 2.04. The van der Waals surface area contributed by atoms with E-state index in [9.17, 15) is 10.2 Å². The molecule has 1 saturated heterocycles. The van der Waals surface area contributed by atoms with Gasteiger partial charge in [-0.15, -0.1) is 0 Å². The van der Waals surface area contributed by atoms with Gasteiger partial charge in [-0.25, -0.2) is 0 Å². The lowest BCUT2D eigenvalue weighted by Crippen LogP contribution is -2.44. The molecule has 0 aliphatic carbocycles. The SMILES string of the molecule is CN1CCN(CCCc2ccc(O)c(O)c2)CC1. The summed E-state index contributed by atoms with van der Waals surface area (Å²) in [7, 11) is 2.16. The molecule has 2 N–H and O–H groups in total. The first-order valence-electron chi connectivity index (χ1n) is 6.57. The average Bonchev–Trinajstić information content (AvgIpc) is 2.36. The highest BCUT2D eigenvalue weighted by Gasteiger charge is 2.12. The number of benzene rings is 1. The lowest BCUT2D eigenvalue weighted by atomic mass is 10.1. The second kappa shape index (κ2) is 6.07. The van der Waals surface area contributed by atoms with E-state index in [0.717, 1.165) is 51.1 Å². The van der Waals surface area contributed by atoms with Crippen LogP contribution in [0.2, 0.25) is 0 Å². The molecular formula is C14H22N2O2. The van der Waals surface area contributed by atoms with E-state index < -0.39 is 0 Å². The number of hydrogen-bond donors (Lipinski definition) is 2. The first-order valence-corrected chi connectivity index (χ1v) is 6.57. The Morgan fingerprint density at radius 2 is 1.78 bits per heavy atom. The van der Waals surface area contributed by atoms with Crippen molar-refractivity contribution in [3.63, 3.8) is 0 Å². The molecule has 0 aromatic heterocycles. The molecule has 100 valence electrons. The van der Waals surface area contributed by atoms with Gasteiger partial charge in [-0.2, -0.15) is 0 Å². The number of nitrogens with zero attached hydrogens (tertiary/aromatic N) is 2. The predicted molar refractivity (Wildman–Crippen MR) is 72.0 cm³/mol. The van der Waals surface area contributed by atoms with Crippen molar-refractivity contribution in [1.29, 1.82) is 0 Å². The summed E-state index contributed by atoms with van der Waals surface area (Å²) in [5.41, 5.74) is 1.08. The van der Waals surface area contributed by atoms with Gasteiger partial charge in [0.1, 0.15) is 0 Å². The summed E-state index contributed by atoms with van der Waals surface area (Å²) >= 11 is 0. The Labute approximate surface area is 108 Å². The van der Waals surface area contributed by atoms with Gasteiger partial charge in [0, 0.05) is 26.2 Å². The zero-order valence-corrected chi connectivity index (χ0v) is 11.0. The minimum Gasteiger partial charge on any atom is -0.504 e. The summed E-state index contributed by atoms with van der Waals surface area (Å²) in [6.45, 7) is 5.71. The molecule has 1 aromatic rings. The third-order valence-corrected chi connectivity index (χ3v) is 3.58. The third-order valence-electron chi connectivity index (χ3n) is 3.58. The lowest BCUT2D eigenvalue weighted by Gasteiger charge is -2.32. The number of phenols is 2. The van der Waals surface area contributed by atoms with Gasteiger partial charge < -0.3 is 20.0 Å². The smallest absolute Gasteiger partial charge is 0.157 e. The van der Waals surface area contributed by atoms with E-state index in [1.165, 1.54) is 0 Å². The molecular weight excluding hydrogens is 228 g/mol. The van der Waals surface area contributed by atoms with Gasteiger partial charge in [0.2, 0.25) is 0 Å². The van der Waals surface area contributed by atoms with Crippen molar-refractivity contribution < 1.29 is 10.2 Å². The van der Waals surface area contributed by atoms with Gasteiger partial charge in [0.15, 0.2) is 11.5 Å². The molecule has 1 heterocycles. The molecule has 0 radical (unpaired) electrons. The Balaban J connectivity index is 1.73. The van der Waals surface area contributed by atoms with Crippen molar-refractivity contribution in [2.75, 3.05) is 39.8 Å². The normalized spacial score (nSPS) is 18.1. The Hall–Kier alpha value is -1.26. The van der Waals surface area contributed by atoms with Gasteiger partial charge in [0.05, 0.1) is 0 Å². The molecule has 0 spiro atoms. The zero-order chi connectivity index (χ0) is 13.0. The van der Waals surface area contributed by atoms with Crippen molar-refractivity contribution in [3.05, 3.63) is 23.8 Å². The minimum atomic E-state index is -0.0437. The van der Waals surface area contributed by atoms with Crippen LogP contribution in [0.25, 0.3) is 0 Å². The van der Waals surface area contributed by atoms with Crippen LogP contribution in [0, 0.1) is 0 Å². The van der Waals surface area contributed by atoms with Crippen LogP contribution in [-0.2, 0) is 6.42 Å². The van der Waals surface area contributed by atoms with Crippen molar-refractivity contribution >= 4 is 0 Å². The van der Waals surface area contributed by atoms with E-state index in [4.69, 9.17) is 0 Å². The highest BCUT2D eigenvalue weighted by atomic mass is 16.3. The first kappa shape index (κ1) is 13.2. The van der Waals surface area contributed by atoms with Crippen molar-refractivity contribution in [2.24, 2.45) is 0 Å². The van der Waals surface area contributed by atoms with Gasteiger partial charge in [-0.3, -0.25) is 0 Å². The molecule has 0 atom stereocenters. The highest BCUT2D eigenvalue weighted by Crippen LogP contribution is 2.25. The van der Waals surface area contributed by atoms with Crippen molar-refractivity contribution in [3.8, 4) is 11.5 Å². The lowest BCUT2D eigenvalue weighted by molar-refractivity contribution is 0.153. The average molecular weight is 250 g/mol. The highest BCUT2D eigenvalue weighted by molar-refractivity contribution is 5.40. The molecule has 0 unspecified atom stereocenters. The number of aromatic hydroxyl groups is 2. The fourth-order valence-corrected chi connectivity index (χ4v) is 2.30. The second-order valence-electron chi connectivity index (χ2n) is 5.07. The molecule has 2 rings (SSSR count). The standard InChI is InChI=1S/C14H22N2O2/c1-15-7-9-16(10-8-15)6-2-3-12-4-5-13(17)14(18)11-12/h4-5,11,17-18H,2-3,6-10H2,1H3. The maximum absolute atomic E-state index is 9.41. The summed E-state index contributed by atoms with van der Waals surface area (Å²) in [6, 6.07) is 5.08. The molecule has 0 bridgehead atoms. The van der Waals surface area contributed by atoms with Gasteiger partial charge in [-0.05, 0) is 44.1 Å². The summed E-state index contributed by atoms with van der Waals surface area (Å²) in [5.74, 6) is -0.0649. The Kier molecular flexibility index (Phi) is 4.44. The zero-order valence-electron chi connectivity index (χ0n) is 11.0. The van der Waals surface area contributed by atoms with Crippen LogP contribution in [0.5, 0.6) is 11.5 Å². The largest absolute Gasteiger partial charge is 0.504 e. The molecule has 1 aliphatic rings. The molecule has 1 fully saturated rings. The molecule has 1 aliphatic heterocycles. The van der Waals surface area contributed by atoms with Crippen LogP contribution < -0.4 is 0 Å². The number of piperazine rings is 1. The number of phenolic OH excluding ortho intramolecular Hbond substituents is 2. The predicted octanol–water partition coefficient (Wildman–Crippen LogP) is 1.28. The number of rotatable bonds is 4. The van der Waals surface area contributed by atoms with E-state index in [2.05, 4.69) is 16.8 Å². The molecule has 0 saturated carbocycles. The number of aryl methyl sites for hydroxylation is 1. The third kappa shape index (κ3) is 3.62. The maximum Gasteiger partial charge on any atom is 0.157 e. The van der Waals surface area contributed by atoms with Crippen LogP contribution in [0.1, 0.15) is 12.0 Å². The van der Waals surface area contributed by atoms with Crippen LogP contribution in [-0.4, -0.2) is 59.8 Å². The first-order chi connectivity index (χ1) is 8.65. The Morgan fingerprint density at radius 3 is 2.44 bits per heavy atom. The van der Waals surface area contributed by atoms with E-state index in [-0.39, 0.29) is 11.5 Å². The van der Waals surface area contributed by atoms with E-state index >= 15 is 0 Å². The minimum absolute atomic E-state index is 0.0212. The van der Waals surface area contributed by atoms with E-state index in [1.54, 1.807) is 12.1 Å². The maximum atomic E-state index is 9.41. The van der Waals surface area contributed by atoms with Crippen LogP contribution in [0.3, 0.4) is 0 Å². The fraction of sp³-hybridized carbons (Fsp3) is 0.571. The molecule has 0 amide bonds. The van der Waals surface area contributed by atoms with Crippen LogP contribution in [0.15, 0.2) is 18.2 Å². The molecule has 4 nitrogen and oxygen atoms in total. The fourth-order valence-electron chi connectivity index (χ4n) is 2.30. The second-order valence-corrected chi connectivity index (χ2v) is 5.07. The number of likely N-dealkylation sites (N-methyl/N-ethyl adjacent to an activating group) is 1. The van der Waals surface area contributed by atoms with E-state index in [1.807, 2.05) is 6.07 Å². The van der Waals surface area contributed by atoms with Crippen LogP contribution >= 0.6 is 0 Å². The molecule has 1 aromatic carbocycles. The summed E-state index contributed by atoms with van der Waals surface area (Å²) < 4.78 is 0. The molecule has 18 heavy (non-hydrogen) atoms. The molecule has 4 heteroatoms. The van der Waals surface area contributed by atoms with E-state index in [0.29, 0.717) is 0 Å². The number of hydrogen-bond acceptors (Lipinski definition) is 4. The van der Waals surface area contributed by atoms with Crippen molar-refractivity contribution in [1.82, 2.24) is 9.80 Å². The Morgan fingerprint density at radius 1 is 1.06 bits per heavy atom. The summed E-state index contributed by atoms with van der Waals surface area (Å²) in [4.78, 5) is 4.84. The summed E-state index contributed by atoms with van der Waals surface area (Å²) in [5, 5.41) is 18.6. The quantitative estimate of drug-likeness (QED) is 0.790. The monoisotopic (exact) mass is 250 g/mol. The van der Waals surface area contributed by atoms with Crippen molar-refractivity contribution in [2.45, 2.75) is 12.8 Å². The Bertz CT molecular complexity index is 387. The van der Waals surface area contributed by atoms with Gasteiger partial charge in [-0.1, -0.05) is 6.07 Å². The van der Waals surface area contributed by atoms with Crippen LogP contribution in [0.4, 0.5) is 0 Å². The van der Waals surface area contributed by atoms with Gasteiger partial charge in [0.25, 0.3) is 0 Å². The van der Waals surface area contributed by atoms with Gasteiger partial charge >= 0.3 is 0 Å².